The summed E-state index contributed by atoms with van der Waals surface area (Å²) in [6, 6.07) is 18.9. The van der Waals surface area contributed by atoms with Gasteiger partial charge in [-0.05, 0) is 28.1 Å². The average molecular weight is 367 g/mol. The minimum absolute atomic E-state index is 0.0740. The Balaban J connectivity index is 1.37. The van der Waals surface area contributed by atoms with Gasteiger partial charge in [-0.1, -0.05) is 48.5 Å². The van der Waals surface area contributed by atoms with E-state index < -0.39 is 6.04 Å². The summed E-state index contributed by atoms with van der Waals surface area (Å²) in [5, 5.41) is 14.8. The van der Waals surface area contributed by atoms with Gasteiger partial charge in [0.1, 0.15) is 11.5 Å². The molecule has 3 aromatic rings. The summed E-state index contributed by atoms with van der Waals surface area (Å²) >= 11 is 1.50. The molecule has 26 heavy (non-hydrogen) atoms. The maximum Gasteiger partial charge on any atom is 0.244 e. The fourth-order valence-electron chi connectivity index (χ4n) is 2.66. The van der Waals surface area contributed by atoms with Crippen LogP contribution in [0.25, 0.3) is 5.69 Å². The van der Waals surface area contributed by atoms with Gasteiger partial charge in [0.05, 0.1) is 11.4 Å². The first-order valence-corrected chi connectivity index (χ1v) is 9.17. The topological polar surface area (TPSA) is 96.8 Å². The third-order valence-electron chi connectivity index (χ3n) is 3.94. The van der Waals surface area contributed by atoms with E-state index in [4.69, 9.17) is 0 Å². The molecule has 0 saturated carbocycles. The highest BCUT2D eigenvalue weighted by molar-refractivity contribution is 7.99. The predicted molar refractivity (Wildman–Crippen MR) is 97.8 cm³/mol. The number of aromatic nitrogens is 4. The molecule has 132 valence electrons. The van der Waals surface area contributed by atoms with Gasteiger partial charge in [-0.2, -0.15) is 4.68 Å². The summed E-state index contributed by atoms with van der Waals surface area (Å²) in [6.07, 6.45) is 0. The Kier molecular flexibility index (Phi) is 4.91. The van der Waals surface area contributed by atoms with Gasteiger partial charge in [0.15, 0.2) is 5.82 Å². The minimum atomic E-state index is -0.414. The molecule has 3 N–H and O–H groups in total. The van der Waals surface area contributed by atoms with Crippen LogP contribution in [0.15, 0.2) is 60.7 Å². The van der Waals surface area contributed by atoms with Crippen molar-refractivity contribution in [1.29, 1.82) is 0 Å². The lowest BCUT2D eigenvalue weighted by molar-refractivity contribution is -0.125. The Morgan fingerprint density at radius 3 is 2.46 bits per heavy atom. The quantitative estimate of drug-likeness (QED) is 0.622. The number of thioether (sulfide) groups is 1. The van der Waals surface area contributed by atoms with Gasteiger partial charge in [0, 0.05) is 0 Å². The number of carbonyl (C=O) groups excluding carboxylic acids is 1. The zero-order chi connectivity index (χ0) is 17.8. The molecule has 1 saturated heterocycles. The van der Waals surface area contributed by atoms with E-state index in [2.05, 4.69) is 31.7 Å². The lowest BCUT2D eigenvalue weighted by atomic mass is 10.1. The molecule has 8 nitrogen and oxygen atoms in total. The van der Waals surface area contributed by atoms with E-state index in [-0.39, 0.29) is 11.4 Å². The van der Waals surface area contributed by atoms with Crippen LogP contribution in [0.2, 0.25) is 0 Å². The molecule has 1 amide bonds. The van der Waals surface area contributed by atoms with E-state index >= 15 is 0 Å². The van der Waals surface area contributed by atoms with Crippen LogP contribution in [0, 0.1) is 0 Å². The smallest absolute Gasteiger partial charge is 0.244 e. The summed E-state index contributed by atoms with van der Waals surface area (Å²) < 4.78 is 1.69. The van der Waals surface area contributed by atoms with Gasteiger partial charge in [0.2, 0.25) is 5.91 Å². The number of hydrazine groups is 1. The number of nitrogens with one attached hydrogen (secondary N) is 3. The normalized spacial score (nSPS) is 19.9. The lowest BCUT2D eigenvalue weighted by Crippen LogP contribution is -2.60. The van der Waals surface area contributed by atoms with Gasteiger partial charge in [-0.15, -0.1) is 16.9 Å². The summed E-state index contributed by atoms with van der Waals surface area (Å²) in [5.74, 6) is 1.18. The second kappa shape index (κ2) is 7.65. The van der Waals surface area contributed by atoms with Crippen LogP contribution in [0.1, 0.15) is 17.4 Å². The van der Waals surface area contributed by atoms with Crippen molar-refractivity contribution in [3.8, 4) is 5.69 Å². The van der Waals surface area contributed by atoms with E-state index in [0.29, 0.717) is 11.6 Å². The van der Waals surface area contributed by atoms with Gasteiger partial charge < -0.3 is 5.32 Å². The van der Waals surface area contributed by atoms with E-state index in [1.54, 1.807) is 4.68 Å². The molecular weight excluding hydrogens is 350 g/mol. The number of benzene rings is 2. The van der Waals surface area contributed by atoms with Crippen LogP contribution in [0.4, 0.5) is 0 Å². The molecule has 4 rings (SSSR count). The molecule has 1 aliphatic rings. The van der Waals surface area contributed by atoms with Gasteiger partial charge in [-0.3, -0.25) is 4.79 Å². The molecule has 0 radical (unpaired) electrons. The van der Waals surface area contributed by atoms with Crippen molar-refractivity contribution in [3.05, 3.63) is 72.1 Å². The highest BCUT2D eigenvalue weighted by Crippen LogP contribution is 2.20. The molecule has 2 atom stereocenters. The van der Waals surface area contributed by atoms with E-state index in [0.717, 1.165) is 11.3 Å². The molecule has 1 aromatic heterocycles. The summed E-state index contributed by atoms with van der Waals surface area (Å²) in [5.41, 5.74) is 7.73. The number of hydrogen-bond donors (Lipinski definition) is 3. The van der Waals surface area contributed by atoms with Crippen LogP contribution in [0.3, 0.4) is 0 Å². The van der Waals surface area contributed by atoms with Crippen LogP contribution >= 0.6 is 11.8 Å². The largest absolute Gasteiger partial charge is 0.329 e. The van der Waals surface area contributed by atoms with Crippen molar-refractivity contribution in [1.82, 2.24) is 36.4 Å². The molecule has 2 aromatic carbocycles. The molecule has 0 bridgehead atoms. The van der Waals surface area contributed by atoms with E-state index in [1.807, 2.05) is 60.7 Å². The SMILES string of the molecule is O=C1NC(SCc2nnnn2-c2ccccc2)NNC1c1ccccc1. The number of nitrogens with zero attached hydrogens (tertiary/aromatic N) is 4. The van der Waals surface area contributed by atoms with Crippen LogP contribution in [0.5, 0.6) is 0 Å². The van der Waals surface area contributed by atoms with Crippen molar-refractivity contribution in [2.24, 2.45) is 0 Å². The fraction of sp³-hybridized carbons (Fsp3) is 0.176. The van der Waals surface area contributed by atoms with Gasteiger partial charge in [-0.25, -0.2) is 10.9 Å². The Morgan fingerprint density at radius 1 is 1.00 bits per heavy atom. The maximum absolute atomic E-state index is 12.4. The first-order chi connectivity index (χ1) is 12.8. The van der Waals surface area contributed by atoms with Crippen molar-refractivity contribution in [2.75, 3.05) is 0 Å². The maximum atomic E-state index is 12.4. The Bertz CT molecular complexity index is 871. The zero-order valence-electron chi connectivity index (χ0n) is 13.7. The van der Waals surface area contributed by atoms with E-state index in [1.165, 1.54) is 11.8 Å². The van der Waals surface area contributed by atoms with Crippen molar-refractivity contribution in [3.63, 3.8) is 0 Å². The highest BCUT2D eigenvalue weighted by atomic mass is 32.2. The number of tetrazole rings is 1. The summed E-state index contributed by atoms with van der Waals surface area (Å²) in [7, 11) is 0. The van der Waals surface area contributed by atoms with Gasteiger partial charge in [0.25, 0.3) is 0 Å². The molecule has 1 fully saturated rings. The second-order valence-electron chi connectivity index (χ2n) is 5.67. The molecule has 0 aliphatic carbocycles. The fourth-order valence-corrected chi connectivity index (χ4v) is 3.51. The number of rotatable bonds is 5. The average Bonchev–Trinajstić information content (AvgIpc) is 3.16. The zero-order valence-corrected chi connectivity index (χ0v) is 14.6. The monoisotopic (exact) mass is 367 g/mol. The van der Waals surface area contributed by atoms with Gasteiger partial charge >= 0.3 is 0 Å². The predicted octanol–water partition coefficient (Wildman–Crippen LogP) is 1.14. The summed E-state index contributed by atoms with van der Waals surface area (Å²) in [6.45, 7) is 0. The number of para-hydroxylation sites is 1. The summed E-state index contributed by atoms with van der Waals surface area (Å²) in [4.78, 5) is 12.4. The number of amides is 1. The van der Waals surface area contributed by atoms with E-state index in [9.17, 15) is 4.79 Å². The highest BCUT2D eigenvalue weighted by Gasteiger charge is 2.28. The van der Waals surface area contributed by atoms with Crippen molar-refractivity contribution >= 4 is 17.7 Å². The molecule has 2 unspecified atom stereocenters. The standard InChI is InChI=1S/C17H17N7OS/c25-16-15(12-7-3-1-4-8-12)20-21-17(18-16)26-11-14-19-22-23-24(14)13-9-5-2-6-10-13/h1-10,15,17,20-21H,11H2,(H,18,25). The molecule has 1 aliphatic heterocycles. The Labute approximate surface area is 154 Å². The van der Waals surface area contributed by atoms with Crippen molar-refractivity contribution in [2.45, 2.75) is 17.3 Å². The Morgan fingerprint density at radius 2 is 1.73 bits per heavy atom. The molecule has 2 heterocycles. The van der Waals surface area contributed by atoms with Crippen LogP contribution in [-0.2, 0) is 10.5 Å². The van der Waals surface area contributed by atoms with Crippen LogP contribution < -0.4 is 16.2 Å². The Hall–Kier alpha value is -2.75. The number of carbonyl (C=O) groups is 1. The minimum Gasteiger partial charge on any atom is -0.329 e. The molecular formula is C17H17N7OS. The molecule has 0 spiro atoms. The first-order valence-electron chi connectivity index (χ1n) is 8.12. The lowest BCUT2D eigenvalue weighted by Gasteiger charge is -2.31. The third kappa shape index (κ3) is 3.59. The number of hydrogen-bond acceptors (Lipinski definition) is 7. The molecule has 9 heteroatoms. The second-order valence-corrected chi connectivity index (χ2v) is 6.77. The van der Waals surface area contributed by atoms with Crippen LogP contribution in [-0.4, -0.2) is 31.6 Å². The first kappa shape index (κ1) is 16.7. The van der Waals surface area contributed by atoms with Crippen molar-refractivity contribution < 1.29 is 4.79 Å². The third-order valence-corrected chi connectivity index (χ3v) is 4.94.